The molecule has 0 saturated heterocycles. The fourth-order valence-electron chi connectivity index (χ4n) is 4.63. The van der Waals surface area contributed by atoms with Gasteiger partial charge in [-0.3, -0.25) is 9.59 Å². The Morgan fingerprint density at radius 2 is 0.972 bits per heavy atom. The maximum absolute atomic E-state index is 12.5. The molecule has 0 bridgehead atoms. The van der Waals surface area contributed by atoms with Crippen molar-refractivity contribution in [1.29, 1.82) is 0 Å². The fraction of sp³-hybridized carbons (Fsp3) is 0.500. The molecular weight excluding hydrogens is 584 g/mol. The second-order valence-corrected chi connectivity index (χ2v) is 11.1. The molecule has 198 valence electrons. The van der Waals surface area contributed by atoms with E-state index in [2.05, 4.69) is 107 Å². The lowest BCUT2D eigenvalue weighted by Gasteiger charge is -2.37. The van der Waals surface area contributed by atoms with E-state index in [1.807, 2.05) is 12.1 Å². The summed E-state index contributed by atoms with van der Waals surface area (Å²) >= 11 is 7.30. The van der Waals surface area contributed by atoms with Crippen molar-refractivity contribution in [1.82, 2.24) is 10.6 Å². The number of halogens is 2. The average Bonchev–Trinajstić information content (AvgIpc) is 2.89. The number of hydrogen-bond donors (Lipinski definition) is 2. The van der Waals surface area contributed by atoms with Crippen LogP contribution in [-0.4, -0.2) is 73.1 Å². The first kappa shape index (κ1) is 30.5. The third-order valence-corrected chi connectivity index (χ3v) is 9.11. The van der Waals surface area contributed by atoms with Gasteiger partial charge in [0, 0.05) is 20.1 Å². The molecule has 0 spiro atoms. The first-order chi connectivity index (χ1) is 17.2. The molecule has 0 aromatic heterocycles. The van der Waals surface area contributed by atoms with E-state index in [1.54, 1.807) is 0 Å². The minimum Gasteiger partial charge on any atom is -0.342 e. The molecular formula is C28H42Br2N4O2+2. The number of rotatable bonds is 14. The quantitative estimate of drug-likeness (QED) is 0.233. The van der Waals surface area contributed by atoms with Gasteiger partial charge in [-0.25, -0.2) is 0 Å². The molecule has 8 heteroatoms. The Bertz CT molecular complexity index is 912. The summed E-state index contributed by atoms with van der Waals surface area (Å²) in [7, 11) is 0. The summed E-state index contributed by atoms with van der Waals surface area (Å²) in [5.74, 6) is -1.11. The monoisotopic (exact) mass is 624 g/mol. The molecule has 0 atom stereocenters. The lowest BCUT2D eigenvalue weighted by Crippen LogP contribution is -2.53. The van der Waals surface area contributed by atoms with E-state index in [4.69, 9.17) is 0 Å². The zero-order valence-electron chi connectivity index (χ0n) is 22.2. The van der Waals surface area contributed by atoms with E-state index in [-0.39, 0.29) is 0 Å². The van der Waals surface area contributed by atoms with Gasteiger partial charge in [0.05, 0.1) is 52.4 Å². The van der Waals surface area contributed by atoms with Gasteiger partial charge >= 0.3 is 11.8 Å². The minimum absolute atomic E-state index is 0.463. The first-order valence-electron chi connectivity index (χ1n) is 13.0. The molecule has 0 aliphatic heterocycles. The van der Waals surface area contributed by atoms with Gasteiger partial charge in [0.1, 0.15) is 13.1 Å². The van der Waals surface area contributed by atoms with E-state index >= 15 is 0 Å². The third kappa shape index (κ3) is 8.68. The number of nitrogens with one attached hydrogen (secondary N) is 2. The number of hydrogen-bond acceptors (Lipinski definition) is 2. The van der Waals surface area contributed by atoms with Crippen molar-refractivity contribution >= 4 is 43.7 Å². The van der Waals surface area contributed by atoms with E-state index in [9.17, 15) is 9.59 Å². The van der Waals surface area contributed by atoms with Gasteiger partial charge in [-0.2, -0.15) is 0 Å². The van der Waals surface area contributed by atoms with Crippen molar-refractivity contribution in [3.8, 4) is 0 Å². The topological polar surface area (TPSA) is 58.2 Å². The van der Waals surface area contributed by atoms with E-state index in [1.165, 1.54) is 11.1 Å². The molecule has 0 aliphatic carbocycles. The van der Waals surface area contributed by atoms with Crippen LogP contribution in [0.2, 0.25) is 0 Å². The Kier molecular flexibility index (Phi) is 12.6. The number of carbonyl (C=O) groups is 2. The smallest absolute Gasteiger partial charge is 0.309 e. The highest BCUT2D eigenvalue weighted by atomic mass is 79.9. The zero-order chi connectivity index (χ0) is 26.6. The van der Waals surface area contributed by atoms with Crippen LogP contribution in [0.5, 0.6) is 0 Å². The molecule has 2 aromatic rings. The number of carbonyl (C=O) groups excluding carboxylic acids is 2. The van der Waals surface area contributed by atoms with Crippen LogP contribution in [0.4, 0.5) is 0 Å². The summed E-state index contributed by atoms with van der Waals surface area (Å²) in [6.45, 7) is 16.7. The van der Waals surface area contributed by atoms with E-state index < -0.39 is 11.8 Å². The standard InChI is InChI=1S/C28H40Br2N4O2/c1-5-33(6-2,21-23-13-9-11-15-25(23)29)19-17-31-27(35)28(36)32-18-20-34(7-3,8-4)22-24-14-10-12-16-26(24)30/h9-16H,5-8,17-22H2,1-4H3/p+2. The van der Waals surface area contributed by atoms with Crippen LogP contribution in [0, 0.1) is 0 Å². The van der Waals surface area contributed by atoms with Crippen molar-refractivity contribution in [2.45, 2.75) is 40.8 Å². The van der Waals surface area contributed by atoms with Crippen molar-refractivity contribution in [3.63, 3.8) is 0 Å². The van der Waals surface area contributed by atoms with Crippen LogP contribution >= 0.6 is 31.9 Å². The third-order valence-electron chi connectivity index (χ3n) is 7.56. The molecule has 0 unspecified atom stereocenters. The molecule has 6 nitrogen and oxygen atoms in total. The van der Waals surface area contributed by atoms with Gasteiger partial charge in [0.25, 0.3) is 0 Å². The van der Waals surface area contributed by atoms with Gasteiger partial charge in [0.15, 0.2) is 0 Å². The molecule has 2 aromatic carbocycles. The second kappa shape index (κ2) is 14.9. The number of likely N-dealkylation sites (N-methyl/N-ethyl adjacent to an activating group) is 2. The molecule has 0 aliphatic rings. The molecule has 2 rings (SSSR count). The molecule has 2 N–H and O–H groups in total. The van der Waals surface area contributed by atoms with Crippen LogP contribution in [0.15, 0.2) is 57.5 Å². The van der Waals surface area contributed by atoms with Gasteiger partial charge in [-0.1, -0.05) is 68.3 Å². The van der Waals surface area contributed by atoms with Crippen molar-refractivity contribution in [2.24, 2.45) is 0 Å². The van der Waals surface area contributed by atoms with Crippen LogP contribution in [0.3, 0.4) is 0 Å². The van der Waals surface area contributed by atoms with Crippen molar-refractivity contribution in [3.05, 3.63) is 68.6 Å². The highest BCUT2D eigenvalue weighted by Crippen LogP contribution is 2.23. The highest BCUT2D eigenvalue weighted by molar-refractivity contribution is 9.10. The Morgan fingerprint density at radius 1 is 0.639 bits per heavy atom. The second-order valence-electron chi connectivity index (χ2n) is 9.41. The predicted molar refractivity (Wildman–Crippen MR) is 154 cm³/mol. The largest absolute Gasteiger partial charge is 0.342 e. The Balaban J connectivity index is 1.86. The maximum atomic E-state index is 12.5. The van der Waals surface area contributed by atoms with Gasteiger partial charge < -0.3 is 19.6 Å². The zero-order valence-corrected chi connectivity index (χ0v) is 25.3. The fourth-order valence-corrected chi connectivity index (χ4v) is 5.46. The molecule has 0 saturated carbocycles. The number of quaternary nitrogens is 2. The summed E-state index contributed by atoms with van der Waals surface area (Å²) in [5, 5.41) is 5.68. The minimum atomic E-state index is -0.557. The van der Waals surface area contributed by atoms with Gasteiger partial charge in [0.2, 0.25) is 0 Å². The molecule has 36 heavy (non-hydrogen) atoms. The summed E-state index contributed by atoms with van der Waals surface area (Å²) in [6.07, 6.45) is 0. The number of nitrogens with zero attached hydrogens (tertiary/aromatic N) is 2. The Hall–Kier alpha value is -1.74. The summed E-state index contributed by atoms with van der Waals surface area (Å²) in [4.78, 5) is 25.0. The summed E-state index contributed by atoms with van der Waals surface area (Å²) < 4.78 is 3.89. The lowest BCUT2D eigenvalue weighted by molar-refractivity contribution is -0.936. The Labute approximate surface area is 233 Å². The summed E-state index contributed by atoms with van der Waals surface area (Å²) in [5.41, 5.74) is 2.50. The van der Waals surface area contributed by atoms with Gasteiger partial charge in [-0.05, 0) is 39.8 Å². The van der Waals surface area contributed by atoms with Crippen LogP contribution in [-0.2, 0) is 22.7 Å². The summed E-state index contributed by atoms with van der Waals surface area (Å²) in [6, 6.07) is 16.5. The highest BCUT2D eigenvalue weighted by Gasteiger charge is 2.27. The van der Waals surface area contributed by atoms with Crippen LogP contribution in [0.1, 0.15) is 38.8 Å². The SMILES string of the molecule is CC[N+](CC)(CCNC(=O)C(=O)NCC[N+](CC)(CC)Cc1ccccc1Br)Cc1ccccc1Br. The number of amides is 2. The van der Waals surface area contributed by atoms with Crippen LogP contribution < -0.4 is 10.6 Å². The molecule has 2 amide bonds. The van der Waals surface area contributed by atoms with Crippen molar-refractivity contribution < 1.29 is 18.6 Å². The Morgan fingerprint density at radius 3 is 1.28 bits per heavy atom. The van der Waals surface area contributed by atoms with Gasteiger partial charge in [-0.15, -0.1) is 0 Å². The van der Waals surface area contributed by atoms with E-state index in [0.29, 0.717) is 13.1 Å². The number of benzene rings is 2. The average molecular weight is 626 g/mol. The molecule has 0 fully saturated rings. The first-order valence-corrected chi connectivity index (χ1v) is 14.5. The van der Waals surface area contributed by atoms with Crippen molar-refractivity contribution in [2.75, 3.05) is 52.4 Å². The van der Waals surface area contributed by atoms with Crippen LogP contribution in [0.25, 0.3) is 0 Å². The van der Waals surface area contributed by atoms with E-state index in [0.717, 1.165) is 70.3 Å². The molecule has 0 radical (unpaired) electrons. The molecule has 0 heterocycles. The lowest BCUT2D eigenvalue weighted by atomic mass is 10.1. The predicted octanol–water partition coefficient (Wildman–Crippen LogP) is 4.86. The normalized spacial score (nSPS) is 11.8. The maximum Gasteiger partial charge on any atom is 0.309 e.